The van der Waals surface area contributed by atoms with Crippen LogP contribution in [0.2, 0.25) is 0 Å². The molecule has 1 aromatic heterocycles. The Morgan fingerprint density at radius 2 is 1.82 bits per heavy atom. The van der Waals surface area contributed by atoms with E-state index in [1.807, 2.05) is 13.0 Å². The number of aromatic nitrogens is 3. The minimum Gasteiger partial charge on any atom is -0.464 e. The zero-order valence-corrected chi connectivity index (χ0v) is 15.5. The van der Waals surface area contributed by atoms with Gasteiger partial charge in [0.2, 0.25) is 11.6 Å². The standard InChI is InChI=1S/C17H19N5O6/c1-4-10-6-5-7-11(8-10)18-17(26)19-12(23)9-22-14(16(25)28-3)13(20-21-22)15(24)27-2/h5-8H,4,9H2,1-3H3,(H2,18,19,23,26). The largest absolute Gasteiger partial charge is 0.464 e. The van der Waals surface area contributed by atoms with Crippen molar-refractivity contribution in [2.45, 2.75) is 19.9 Å². The van der Waals surface area contributed by atoms with Crippen molar-refractivity contribution < 1.29 is 28.7 Å². The van der Waals surface area contributed by atoms with E-state index in [1.54, 1.807) is 18.2 Å². The molecule has 3 amide bonds. The zero-order valence-electron chi connectivity index (χ0n) is 15.5. The number of esters is 2. The second kappa shape index (κ2) is 9.26. The fourth-order valence-electron chi connectivity index (χ4n) is 2.29. The predicted molar refractivity (Wildman–Crippen MR) is 95.7 cm³/mol. The van der Waals surface area contributed by atoms with Crippen molar-refractivity contribution >= 4 is 29.6 Å². The fraction of sp³-hybridized carbons (Fsp3) is 0.294. The van der Waals surface area contributed by atoms with Gasteiger partial charge in [0.05, 0.1) is 14.2 Å². The van der Waals surface area contributed by atoms with Crippen LogP contribution in [0, 0.1) is 0 Å². The van der Waals surface area contributed by atoms with Crippen LogP contribution in [0.1, 0.15) is 33.5 Å². The Morgan fingerprint density at radius 3 is 2.46 bits per heavy atom. The summed E-state index contributed by atoms with van der Waals surface area (Å²) in [6, 6.07) is 6.39. The maximum Gasteiger partial charge on any atom is 0.361 e. The molecule has 1 heterocycles. The molecule has 11 nitrogen and oxygen atoms in total. The topological polar surface area (TPSA) is 142 Å². The Hall–Kier alpha value is -3.76. The molecular formula is C17H19N5O6. The average molecular weight is 389 g/mol. The van der Waals surface area contributed by atoms with Gasteiger partial charge >= 0.3 is 18.0 Å². The minimum absolute atomic E-state index is 0.361. The molecule has 0 aliphatic heterocycles. The molecule has 0 fully saturated rings. The first kappa shape index (κ1) is 20.6. The van der Waals surface area contributed by atoms with Gasteiger partial charge in [0.25, 0.3) is 0 Å². The second-order valence-corrected chi connectivity index (χ2v) is 5.48. The Morgan fingerprint density at radius 1 is 1.11 bits per heavy atom. The summed E-state index contributed by atoms with van der Waals surface area (Å²) in [4.78, 5) is 47.7. The van der Waals surface area contributed by atoms with Gasteiger partial charge in [-0.3, -0.25) is 10.1 Å². The van der Waals surface area contributed by atoms with E-state index in [0.29, 0.717) is 5.69 Å². The van der Waals surface area contributed by atoms with Crippen molar-refractivity contribution in [2.75, 3.05) is 19.5 Å². The van der Waals surface area contributed by atoms with E-state index in [4.69, 9.17) is 0 Å². The number of nitrogens with zero attached hydrogens (tertiary/aromatic N) is 3. The lowest BCUT2D eigenvalue weighted by Gasteiger charge is -2.09. The van der Waals surface area contributed by atoms with E-state index in [-0.39, 0.29) is 5.69 Å². The predicted octanol–water partition coefficient (Wildman–Crippen LogP) is 0.762. The molecule has 148 valence electrons. The maximum absolute atomic E-state index is 12.1. The number of amides is 3. The van der Waals surface area contributed by atoms with E-state index in [0.717, 1.165) is 30.9 Å². The summed E-state index contributed by atoms with van der Waals surface area (Å²) in [5.74, 6) is -2.63. The third-order valence-corrected chi connectivity index (χ3v) is 3.63. The van der Waals surface area contributed by atoms with Crippen LogP contribution in [0.3, 0.4) is 0 Å². The smallest absolute Gasteiger partial charge is 0.361 e. The number of urea groups is 1. The molecule has 0 radical (unpaired) electrons. The van der Waals surface area contributed by atoms with E-state index in [1.165, 1.54) is 0 Å². The third kappa shape index (κ3) is 4.90. The Balaban J connectivity index is 2.08. The van der Waals surface area contributed by atoms with Gasteiger partial charge in [-0.25, -0.2) is 19.1 Å². The second-order valence-electron chi connectivity index (χ2n) is 5.48. The van der Waals surface area contributed by atoms with Gasteiger partial charge in [-0.05, 0) is 24.1 Å². The van der Waals surface area contributed by atoms with E-state index < -0.39 is 36.1 Å². The van der Waals surface area contributed by atoms with E-state index in [9.17, 15) is 19.2 Å². The molecule has 11 heteroatoms. The SMILES string of the molecule is CCc1cccc(NC(=O)NC(=O)Cn2nnc(C(=O)OC)c2C(=O)OC)c1. The summed E-state index contributed by atoms with van der Waals surface area (Å²) in [7, 11) is 2.20. The first-order valence-corrected chi connectivity index (χ1v) is 8.19. The number of carbonyl (C=O) groups excluding carboxylic acids is 4. The number of anilines is 1. The fourth-order valence-corrected chi connectivity index (χ4v) is 2.29. The van der Waals surface area contributed by atoms with Crippen molar-refractivity contribution in [1.82, 2.24) is 20.3 Å². The highest BCUT2D eigenvalue weighted by atomic mass is 16.5. The van der Waals surface area contributed by atoms with Crippen LogP contribution in [0.5, 0.6) is 0 Å². The van der Waals surface area contributed by atoms with Crippen molar-refractivity contribution in [3.8, 4) is 0 Å². The van der Waals surface area contributed by atoms with Crippen LogP contribution in [0.25, 0.3) is 0 Å². The lowest BCUT2D eigenvalue weighted by atomic mass is 10.1. The summed E-state index contributed by atoms with van der Waals surface area (Å²) in [5, 5.41) is 11.8. The summed E-state index contributed by atoms with van der Waals surface area (Å²) < 4.78 is 9.93. The van der Waals surface area contributed by atoms with E-state index in [2.05, 4.69) is 30.4 Å². The van der Waals surface area contributed by atoms with Gasteiger partial charge in [-0.1, -0.05) is 24.3 Å². The Kier molecular flexibility index (Phi) is 6.79. The van der Waals surface area contributed by atoms with Crippen LogP contribution in [-0.4, -0.2) is 53.1 Å². The number of benzene rings is 1. The van der Waals surface area contributed by atoms with Crippen LogP contribution in [-0.2, 0) is 27.2 Å². The zero-order chi connectivity index (χ0) is 20.7. The van der Waals surface area contributed by atoms with Crippen molar-refractivity contribution in [1.29, 1.82) is 0 Å². The summed E-state index contributed by atoms with van der Waals surface area (Å²) in [6.45, 7) is 1.43. The summed E-state index contributed by atoms with van der Waals surface area (Å²) >= 11 is 0. The highest BCUT2D eigenvalue weighted by Gasteiger charge is 2.28. The number of hydrogen-bond donors (Lipinski definition) is 2. The maximum atomic E-state index is 12.1. The van der Waals surface area contributed by atoms with Crippen molar-refractivity contribution in [3.63, 3.8) is 0 Å². The number of hydrogen-bond acceptors (Lipinski definition) is 8. The highest BCUT2D eigenvalue weighted by Crippen LogP contribution is 2.11. The van der Waals surface area contributed by atoms with Crippen LogP contribution in [0.4, 0.5) is 10.5 Å². The van der Waals surface area contributed by atoms with Gasteiger partial charge in [-0.15, -0.1) is 5.10 Å². The summed E-state index contributed by atoms with van der Waals surface area (Å²) in [5.41, 5.74) is 0.780. The molecule has 1 aromatic carbocycles. The molecule has 2 aromatic rings. The number of imide groups is 1. The van der Waals surface area contributed by atoms with Crippen LogP contribution >= 0.6 is 0 Å². The Labute approximate surface area is 160 Å². The first-order chi connectivity index (χ1) is 13.4. The van der Waals surface area contributed by atoms with Gasteiger partial charge in [0.15, 0.2) is 5.69 Å². The molecule has 2 rings (SSSR count). The minimum atomic E-state index is -0.931. The number of ether oxygens (including phenoxy) is 2. The normalized spacial score (nSPS) is 10.1. The molecule has 0 aliphatic carbocycles. The number of nitrogens with one attached hydrogen (secondary N) is 2. The molecule has 0 bridgehead atoms. The highest BCUT2D eigenvalue weighted by molar-refractivity contribution is 6.02. The third-order valence-electron chi connectivity index (χ3n) is 3.63. The monoisotopic (exact) mass is 389 g/mol. The molecule has 0 saturated carbocycles. The molecule has 0 spiro atoms. The number of rotatable bonds is 6. The van der Waals surface area contributed by atoms with Crippen LogP contribution in [0.15, 0.2) is 24.3 Å². The average Bonchev–Trinajstić information content (AvgIpc) is 3.09. The van der Waals surface area contributed by atoms with Gasteiger partial charge < -0.3 is 14.8 Å². The number of aryl methyl sites for hydroxylation is 1. The lowest BCUT2D eigenvalue weighted by Crippen LogP contribution is -2.37. The summed E-state index contributed by atoms with van der Waals surface area (Å²) in [6.07, 6.45) is 0.793. The van der Waals surface area contributed by atoms with E-state index >= 15 is 0 Å². The van der Waals surface area contributed by atoms with Gasteiger partial charge in [-0.2, -0.15) is 0 Å². The first-order valence-electron chi connectivity index (χ1n) is 8.19. The molecule has 0 unspecified atom stereocenters. The molecular weight excluding hydrogens is 370 g/mol. The lowest BCUT2D eigenvalue weighted by molar-refractivity contribution is -0.120. The number of methoxy groups -OCH3 is 2. The Bertz CT molecular complexity index is 907. The van der Waals surface area contributed by atoms with Crippen molar-refractivity contribution in [2.24, 2.45) is 0 Å². The van der Waals surface area contributed by atoms with Gasteiger partial charge in [0, 0.05) is 5.69 Å². The number of carbonyl (C=O) groups is 4. The molecule has 0 atom stereocenters. The molecule has 0 saturated heterocycles. The molecule has 28 heavy (non-hydrogen) atoms. The van der Waals surface area contributed by atoms with Gasteiger partial charge in [0.1, 0.15) is 6.54 Å². The van der Waals surface area contributed by atoms with Crippen molar-refractivity contribution in [3.05, 3.63) is 41.2 Å². The molecule has 0 aliphatic rings. The van der Waals surface area contributed by atoms with Crippen LogP contribution < -0.4 is 10.6 Å². The quantitative estimate of drug-likeness (QED) is 0.690. The molecule has 2 N–H and O–H groups in total.